The largest absolute Gasteiger partial charge is 0.398 e. The number of hydrogen-bond donors (Lipinski definition) is 3. The van der Waals surface area contributed by atoms with Gasteiger partial charge in [-0.1, -0.05) is 0 Å². The summed E-state index contributed by atoms with van der Waals surface area (Å²) in [6.45, 7) is 2.34. The number of nitrogens with zero attached hydrogens (tertiary/aromatic N) is 1. The Kier molecular flexibility index (Phi) is 5.34. The highest BCUT2D eigenvalue weighted by molar-refractivity contribution is 9.10. The van der Waals surface area contributed by atoms with Crippen LogP contribution in [0.25, 0.3) is 0 Å². The van der Waals surface area contributed by atoms with Gasteiger partial charge in [-0.25, -0.2) is 0 Å². The van der Waals surface area contributed by atoms with Crippen molar-refractivity contribution < 1.29 is 9.90 Å². The number of carbonyl (C=O) groups excluding carboxylic acids is 1. The first-order chi connectivity index (χ1) is 8.71. The highest BCUT2D eigenvalue weighted by Gasteiger charge is 2.22. The predicted molar refractivity (Wildman–Crippen MR) is 80.1 cm³/mol. The molecule has 0 saturated carbocycles. The molecule has 0 aliphatic heterocycles. The number of nitrogens with one attached hydrogen (secondary N) is 1. The van der Waals surface area contributed by atoms with Gasteiger partial charge in [0.2, 0.25) is 0 Å². The lowest BCUT2D eigenvalue weighted by Gasteiger charge is -2.27. The zero-order chi connectivity index (χ0) is 14.6. The molecule has 106 valence electrons. The number of nitrogens with two attached hydrogens (primary N) is 1. The smallest absolute Gasteiger partial charge is 0.251 e. The molecule has 0 aromatic heterocycles. The molecule has 0 saturated heterocycles. The first kappa shape index (κ1) is 15.9. The Morgan fingerprint density at radius 3 is 2.68 bits per heavy atom. The van der Waals surface area contributed by atoms with Gasteiger partial charge in [-0.05, 0) is 55.1 Å². The maximum Gasteiger partial charge on any atom is 0.251 e. The van der Waals surface area contributed by atoms with Crippen LogP contribution >= 0.6 is 15.9 Å². The topological polar surface area (TPSA) is 78.6 Å². The maximum absolute atomic E-state index is 11.9. The van der Waals surface area contributed by atoms with E-state index in [4.69, 9.17) is 5.73 Å². The minimum Gasteiger partial charge on any atom is -0.398 e. The van der Waals surface area contributed by atoms with Crippen molar-refractivity contribution in [3.63, 3.8) is 0 Å². The van der Waals surface area contributed by atoms with Crippen LogP contribution in [0.1, 0.15) is 17.3 Å². The maximum atomic E-state index is 11.9. The van der Waals surface area contributed by atoms with Gasteiger partial charge >= 0.3 is 0 Å². The average Bonchev–Trinajstić information content (AvgIpc) is 2.28. The van der Waals surface area contributed by atoms with Crippen molar-refractivity contribution in [1.29, 1.82) is 0 Å². The van der Waals surface area contributed by atoms with Gasteiger partial charge in [0.05, 0.1) is 5.60 Å². The second kappa shape index (κ2) is 6.36. The minimum atomic E-state index is -0.968. The lowest BCUT2D eigenvalue weighted by atomic mass is 10.1. The number of carbonyl (C=O) groups is 1. The van der Waals surface area contributed by atoms with Gasteiger partial charge in [0, 0.05) is 28.8 Å². The molecule has 0 aliphatic carbocycles. The third kappa shape index (κ3) is 5.18. The molecular weight excluding hydrogens is 310 g/mol. The Morgan fingerprint density at radius 2 is 2.16 bits per heavy atom. The summed E-state index contributed by atoms with van der Waals surface area (Å²) in [5.41, 5.74) is 5.78. The number of anilines is 1. The Labute approximate surface area is 121 Å². The van der Waals surface area contributed by atoms with Crippen LogP contribution in [0.15, 0.2) is 22.7 Å². The molecule has 6 heteroatoms. The molecule has 0 heterocycles. The van der Waals surface area contributed by atoms with Crippen molar-refractivity contribution in [3.8, 4) is 0 Å². The van der Waals surface area contributed by atoms with Crippen LogP contribution in [0.4, 0.5) is 5.69 Å². The fraction of sp³-hybridized carbons (Fsp3) is 0.462. The second-order valence-corrected chi connectivity index (χ2v) is 6.01. The van der Waals surface area contributed by atoms with Crippen molar-refractivity contribution in [1.82, 2.24) is 10.2 Å². The van der Waals surface area contributed by atoms with Gasteiger partial charge in [0.15, 0.2) is 0 Å². The Morgan fingerprint density at radius 1 is 1.53 bits per heavy atom. The lowest BCUT2D eigenvalue weighted by molar-refractivity contribution is 0.0326. The zero-order valence-electron chi connectivity index (χ0n) is 11.4. The van der Waals surface area contributed by atoms with Gasteiger partial charge in [-0.15, -0.1) is 0 Å². The molecule has 0 bridgehead atoms. The number of benzene rings is 1. The van der Waals surface area contributed by atoms with Crippen molar-refractivity contribution in [2.45, 2.75) is 12.5 Å². The molecule has 4 N–H and O–H groups in total. The number of likely N-dealkylation sites (N-methyl/N-ethyl adjacent to an activating group) is 1. The summed E-state index contributed by atoms with van der Waals surface area (Å²) in [5.74, 6) is -0.236. The van der Waals surface area contributed by atoms with E-state index in [1.807, 2.05) is 19.0 Å². The number of amides is 1. The van der Waals surface area contributed by atoms with E-state index in [-0.39, 0.29) is 12.5 Å². The van der Waals surface area contributed by atoms with Crippen LogP contribution in [0.5, 0.6) is 0 Å². The summed E-state index contributed by atoms with van der Waals surface area (Å²) < 4.78 is 0.681. The van der Waals surface area contributed by atoms with Gasteiger partial charge in [0.1, 0.15) is 0 Å². The number of hydrogen-bond acceptors (Lipinski definition) is 4. The van der Waals surface area contributed by atoms with E-state index in [1.165, 1.54) is 0 Å². The van der Waals surface area contributed by atoms with E-state index in [2.05, 4.69) is 21.2 Å². The standard InChI is InChI=1S/C13H20BrN3O2/c1-13(19,8-17(2)3)7-16-12(18)9-4-5-11(15)10(14)6-9/h4-6,19H,7-8,15H2,1-3H3,(H,16,18). The summed E-state index contributed by atoms with van der Waals surface area (Å²) in [4.78, 5) is 13.8. The zero-order valence-corrected chi connectivity index (χ0v) is 13.0. The van der Waals surface area contributed by atoms with Crippen LogP contribution in [0.3, 0.4) is 0 Å². The molecule has 1 atom stereocenters. The average molecular weight is 330 g/mol. The number of nitrogen functional groups attached to an aromatic ring is 1. The number of aliphatic hydroxyl groups is 1. The fourth-order valence-corrected chi connectivity index (χ4v) is 2.16. The number of rotatable bonds is 5. The van der Waals surface area contributed by atoms with Gasteiger partial charge in [-0.3, -0.25) is 4.79 Å². The normalized spacial score (nSPS) is 14.2. The van der Waals surface area contributed by atoms with E-state index in [0.717, 1.165) is 0 Å². The second-order valence-electron chi connectivity index (χ2n) is 5.15. The third-order valence-electron chi connectivity index (χ3n) is 2.55. The number of halogens is 1. The van der Waals surface area contributed by atoms with Gasteiger partial charge in [-0.2, -0.15) is 0 Å². The highest BCUT2D eigenvalue weighted by atomic mass is 79.9. The minimum absolute atomic E-state index is 0.187. The van der Waals surface area contributed by atoms with Crippen LogP contribution in [0, 0.1) is 0 Å². The molecular formula is C13H20BrN3O2. The lowest BCUT2D eigenvalue weighted by Crippen LogP contribution is -2.47. The first-order valence-electron chi connectivity index (χ1n) is 5.91. The van der Waals surface area contributed by atoms with E-state index in [9.17, 15) is 9.90 Å². The molecule has 0 spiro atoms. The summed E-state index contributed by atoms with van der Waals surface area (Å²) >= 11 is 3.28. The monoisotopic (exact) mass is 329 g/mol. The van der Waals surface area contributed by atoms with E-state index >= 15 is 0 Å². The molecule has 0 fully saturated rings. The summed E-state index contributed by atoms with van der Waals surface area (Å²) in [7, 11) is 3.74. The molecule has 1 unspecified atom stereocenters. The van der Waals surface area contributed by atoms with E-state index in [1.54, 1.807) is 25.1 Å². The Balaban J connectivity index is 2.62. The summed E-state index contributed by atoms with van der Waals surface area (Å²) in [6.07, 6.45) is 0. The Bertz CT molecular complexity index is 461. The molecule has 1 aromatic carbocycles. The first-order valence-corrected chi connectivity index (χ1v) is 6.71. The van der Waals surface area contributed by atoms with E-state index < -0.39 is 5.60 Å². The van der Waals surface area contributed by atoms with Gasteiger partial charge < -0.3 is 21.1 Å². The Hall–Kier alpha value is -1.11. The summed E-state index contributed by atoms with van der Waals surface area (Å²) in [5, 5.41) is 12.8. The molecule has 1 amide bonds. The van der Waals surface area contributed by atoms with Crippen LogP contribution in [0.2, 0.25) is 0 Å². The predicted octanol–water partition coefficient (Wildman–Crippen LogP) is 1.07. The van der Waals surface area contributed by atoms with Crippen LogP contribution in [-0.2, 0) is 0 Å². The van der Waals surface area contributed by atoms with Crippen molar-refractivity contribution in [2.24, 2.45) is 0 Å². The summed E-state index contributed by atoms with van der Waals surface area (Å²) in [6, 6.07) is 4.97. The van der Waals surface area contributed by atoms with Crippen LogP contribution in [-0.4, -0.2) is 48.7 Å². The van der Waals surface area contributed by atoms with Crippen LogP contribution < -0.4 is 11.1 Å². The van der Waals surface area contributed by atoms with E-state index in [0.29, 0.717) is 22.3 Å². The third-order valence-corrected chi connectivity index (χ3v) is 3.24. The molecule has 0 aliphatic rings. The van der Waals surface area contributed by atoms with Gasteiger partial charge in [0.25, 0.3) is 5.91 Å². The van der Waals surface area contributed by atoms with Crippen molar-refractivity contribution >= 4 is 27.5 Å². The fourth-order valence-electron chi connectivity index (χ4n) is 1.78. The molecule has 0 radical (unpaired) electrons. The van der Waals surface area contributed by atoms with Crippen molar-refractivity contribution in [2.75, 3.05) is 32.9 Å². The molecule has 1 rings (SSSR count). The highest BCUT2D eigenvalue weighted by Crippen LogP contribution is 2.20. The van der Waals surface area contributed by atoms with Crippen molar-refractivity contribution in [3.05, 3.63) is 28.2 Å². The molecule has 5 nitrogen and oxygen atoms in total. The SMILES string of the molecule is CN(C)CC(C)(O)CNC(=O)c1ccc(N)c(Br)c1. The molecule has 19 heavy (non-hydrogen) atoms. The quantitative estimate of drug-likeness (QED) is 0.706. The molecule has 1 aromatic rings.